The number of carbonyl (C=O) groups is 2. The van der Waals surface area contributed by atoms with Crippen molar-refractivity contribution >= 4 is 39.0 Å². The van der Waals surface area contributed by atoms with E-state index in [4.69, 9.17) is 4.74 Å². The molecule has 0 aliphatic rings. The summed E-state index contributed by atoms with van der Waals surface area (Å²) >= 11 is 1.11. The number of benzene rings is 2. The van der Waals surface area contributed by atoms with Crippen molar-refractivity contribution in [3.63, 3.8) is 0 Å². The number of ether oxygens (including phenoxy) is 1. The van der Waals surface area contributed by atoms with E-state index in [-0.39, 0.29) is 10.6 Å². The van der Waals surface area contributed by atoms with Gasteiger partial charge >= 0.3 is 5.97 Å². The number of rotatable bonds is 4. The lowest BCUT2D eigenvalue weighted by Crippen LogP contribution is -2.29. The van der Waals surface area contributed by atoms with Crippen LogP contribution in [0.1, 0.15) is 16.6 Å². The first-order valence-corrected chi connectivity index (χ1v) is 8.31. The van der Waals surface area contributed by atoms with Gasteiger partial charge in [-0.15, -0.1) is 11.3 Å². The van der Waals surface area contributed by atoms with Crippen LogP contribution in [-0.4, -0.2) is 18.0 Å². The number of esters is 1. The van der Waals surface area contributed by atoms with Gasteiger partial charge in [0.2, 0.25) is 0 Å². The summed E-state index contributed by atoms with van der Waals surface area (Å²) in [6, 6.07) is 8.48. The maximum absolute atomic E-state index is 13.2. The van der Waals surface area contributed by atoms with Crippen molar-refractivity contribution in [2.45, 2.75) is 13.0 Å². The van der Waals surface area contributed by atoms with E-state index in [1.165, 1.54) is 31.2 Å². The number of anilines is 1. The van der Waals surface area contributed by atoms with Crippen LogP contribution in [0.4, 0.5) is 18.9 Å². The highest BCUT2D eigenvalue weighted by atomic mass is 32.1. The van der Waals surface area contributed by atoms with Gasteiger partial charge in [0.25, 0.3) is 5.91 Å². The Morgan fingerprint density at radius 3 is 2.54 bits per heavy atom. The fraction of sp³-hybridized carbons (Fsp3) is 0.111. The van der Waals surface area contributed by atoms with Crippen molar-refractivity contribution in [3.05, 3.63) is 64.8 Å². The van der Waals surface area contributed by atoms with Crippen molar-refractivity contribution in [1.29, 1.82) is 0 Å². The van der Waals surface area contributed by atoms with Crippen LogP contribution >= 0.6 is 11.3 Å². The van der Waals surface area contributed by atoms with Crippen molar-refractivity contribution in [2.75, 3.05) is 5.32 Å². The van der Waals surface area contributed by atoms with E-state index in [0.29, 0.717) is 10.1 Å². The summed E-state index contributed by atoms with van der Waals surface area (Å²) in [4.78, 5) is 24.4. The Balaban J connectivity index is 1.67. The molecule has 1 heterocycles. The molecule has 134 valence electrons. The smallest absolute Gasteiger partial charge is 0.349 e. The largest absolute Gasteiger partial charge is 0.448 e. The zero-order chi connectivity index (χ0) is 18.8. The van der Waals surface area contributed by atoms with Crippen LogP contribution in [0, 0.1) is 17.5 Å². The van der Waals surface area contributed by atoms with E-state index in [9.17, 15) is 22.8 Å². The van der Waals surface area contributed by atoms with Gasteiger partial charge in [-0.05, 0) is 48.7 Å². The summed E-state index contributed by atoms with van der Waals surface area (Å²) in [6.07, 6.45) is -1.17. The Morgan fingerprint density at radius 1 is 1.04 bits per heavy atom. The van der Waals surface area contributed by atoms with Gasteiger partial charge in [-0.3, -0.25) is 4.79 Å². The van der Waals surface area contributed by atoms with E-state index >= 15 is 0 Å². The quantitative estimate of drug-likeness (QED) is 0.679. The SMILES string of the molecule is C[C@H](OC(=O)c1cc2cc(F)ccc2s1)C(=O)Nc1ccc(F)c(F)c1. The molecule has 0 unspecified atom stereocenters. The number of hydrogen-bond acceptors (Lipinski definition) is 4. The molecule has 1 N–H and O–H groups in total. The molecular formula is C18H12F3NO3S. The minimum atomic E-state index is -1.17. The molecule has 0 saturated carbocycles. The van der Waals surface area contributed by atoms with E-state index in [0.717, 1.165) is 23.5 Å². The second kappa shape index (κ2) is 7.17. The zero-order valence-corrected chi connectivity index (χ0v) is 14.2. The van der Waals surface area contributed by atoms with E-state index in [2.05, 4.69) is 5.32 Å². The molecule has 1 atom stereocenters. The average Bonchev–Trinajstić information content (AvgIpc) is 3.01. The third-order valence-corrected chi connectivity index (χ3v) is 4.62. The molecule has 0 saturated heterocycles. The number of amides is 1. The lowest BCUT2D eigenvalue weighted by molar-refractivity contribution is -0.123. The highest BCUT2D eigenvalue weighted by Crippen LogP contribution is 2.27. The van der Waals surface area contributed by atoms with Crippen LogP contribution in [-0.2, 0) is 9.53 Å². The first-order valence-electron chi connectivity index (χ1n) is 7.49. The van der Waals surface area contributed by atoms with Gasteiger partial charge in [0.05, 0.1) is 0 Å². The normalized spacial score (nSPS) is 12.0. The van der Waals surface area contributed by atoms with Crippen LogP contribution in [0.15, 0.2) is 42.5 Å². The maximum atomic E-state index is 13.2. The molecule has 3 aromatic rings. The van der Waals surface area contributed by atoms with E-state index in [1.54, 1.807) is 6.07 Å². The van der Waals surface area contributed by atoms with Crippen LogP contribution in [0.2, 0.25) is 0 Å². The molecule has 8 heteroatoms. The molecule has 0 radical (unpaired) electrons. The fourth-order valence-electron chi connectivity index (χ4n) is 2.20. The first kappa shape index (κ1) is 17.9. The van der Waals surface area contributed by atoms with Crippen LogP contribution in [0.5, 0.6) is 0 Å². The second-order valence-electron chi connectivity index (χ2n) is 5.46. The zero-order valence-electron chi connectivity index (χ0n) is 13.4. The molecule has 0 bridgehead atoms. The Hall–Kier alpha value is -2.87. The first-order chi connectivity index (χ1) is 12.3. The third kappa shape index (κ3) is 3.85. The summed E-state index contributed by atoms with van der Waals surface area (Å²) < 4.78 is 45.0. The number of nitrogens with one attached hydrogen (secondary N) is 1. The highest BCUT2D eigenvalue weighted by Gasteiger charge is 2.21. The van der Waals surface area contributed by atoms with Gasteiger partial charge in [-0.1, -0.05) is 0 Å². The second-order valence-corrected chi connectivity index (χ2v) is 6.54. The van der Waals surface area contributed by atoms with Gasteiger partial charge < -0.3 is 10.1 Å². The maximum Gasteiger partial charge on any atom is 0.349 e. The Bertz CT molecular complexity index is 1000. The topological polar surface area (TPSA) is 55.4 Å². The van der Waals surface area contributed by atoms with E-state index < -0.39 is 35.4 Å². The number of fused-ring (bicyclic) bond motifs is 1. The van der Waals surface area contributed by atoms with Crippen LogP contribution in [0.3, 0.4) is 0 Å². The molecule has 0 aliphatic carbocycles. The summed E-state index contributed by atoms with van der Waals surface area (Å²) in [6.45, 7) is 1.35. The number of carbonyl (C=O) groups excluding carboxylic acids is 2. The molecule has 3 rings (SSSR count). The molecular weight excluding hydrogens is 367 g/mol. The van der Waals surface area contributed by atoms with Gasteiger partial charge in [0.15, 0.2) is 17.7 Å². The molecule has 0 fully saturated rings. The molecule has 0 spiro atoms. The summed E-state index contributed by atoms with van der Waals surface area (Å²) in [7, 11) is 0. The Labute approximate surface area is 150 Å². The standard InChI is InChI=1S/C18H12F3NO3S/c1-9(17(23)22-12-3-4-13(20)14(21)8-12)25-18(24)16-7-10-6-11(19)2-5-15(10)26-16/h2-9H,1H3,(H,22,23)/t9-/m0/s1. The fourth-order valence-corrected chi connectivity index (χ4v) is 3.13. The molecule has 1 amide bonds. The van der Waals surface area contributed by atoms with Crippen molar-refractivity contribution in [1.82, 2.24) is 0 Å². The summed E-state index contributed by atoms with van der Waals surface area (Å²) in [5, 5.41) is 2.89. The highest BCUT2D eigenvalue weighted by molar-refractivity contribution is 7.20. The lowest BCUT2D eigenvalue weighted by Gasteiger charge is -2.13. The Morgan fingerprint density at radius 2 is 1.81 bits per heavy atom. The molecule has 2 aromatic carbocycles. The van der Waals surface area contributed by atoms with Gasteiger partial charge in [0.1, 0.15) is 10.7 Å². The predicted octanol–water partition coefficient (Wildman–Crippen LogP) is 4.50. The van der Waals surface area contributed by atoms with Gasteiger partial charge in [-0.2, -0.15) is 0 Å². The lowest BCUT2D eigenvalue weighted by atomic mass is 10.2. The molecule has 0 aliphatic heterocycles. The molecule has 26 heavy (non-hydrogen) atoms. The van der Waals surface area contributed by atoms with E-state index in [1.807, 2.05) is 0 Å². The van der Waals surface area contributed by atoms with Crippen molar-refractivity contribution in [2.24, 2.45) is 0 Å². The molecule has 4 nitrogen and oxygen atoms in total. The molecule has 1 aromatic heterocycles. The van der Waals surface area contributed by atoms with Gasteiger partial charge in [-0.25, -0.2) is 18.0 Å². The van der Waals surface area contributed by atoms with Crippen LogP contribution < -0.4 is 5.32 Å². The summed E-state index contributed by atoms with van der Waals surface area (Å²) in [5.74, 6) is -4.00. The number of thiophene rings is 1. The number of hydrogen-bond donors (Lipinski definition) is 1. The van der Waals surface area contributed by atoms with Crippen molar-refractivity contribution < 1.29 is 27.5 Å². The predicted molar refractivity (Wildman–Crippen MR) is 91.6 cm³/mol. The average molecular weight is 379 g/mol. The Kier molecular flexibility index (Phi) is 4.94. The van der Waals surface area contributed by atoms with Crippen molar-refractivity contribution in [3.8, 4) is 0 Å². The van der Waals surface area contributed by atoms with Crippen LogP contribution in [0.25, 0.3) is 10.1 Å². The van der Waals surface area contributed by atoms with Gasteiger partial charge in [0, 0.05) is 16.5 Å². The minimum Gasteiger partial charge on any atom is -0.448 e. The summed E-state index contributed by atoms with van der Waals surface area (Å²) in [5.41, 5.74) is 0.0362. The monoisotopic (exact) mass is 379 g/mol. The third-order valence-electron chi connectivity index (χ3n) is 3.52. The number of halogens is 3. The minimum absolute atomic E-state index is 0.0362.